The fourth-order valence-electron chi connectivity index (χ4n) is 2.99. The van der Waals surface area contributed by atoms with E-state index in [0.717, 1.165) is 0 Å². The first kappa shape index (κ1) is 31.4. The van der Waals surface area contributed by atoms with Crippen LogP contribution in [-0.4, -0.2) is 72.5 Å². The second-order valence-corrected chi connectivity index (χ2v) is 28.5. The van der Waals surface area contributed by atoms with Crippen LogP contribution in [0.5, 0.6) is 0 Å². The molecule has 1 aliphatic heterocycles. The van der Waals surface area contributed by atoms with E-state index < -0.39 is 55.7 Å². The molecule has 1 aliphatic rings. The molecule has 1 rings (SSSR count). The molecule has 1 saturated heterocycles. The lowest BCUT2D eigenvalue weighted by Crippen LogP contribution is -2.67. The first-order valence-corrected chi connectivity index (χ1v) is 21.1. The van der Waals surface area contributed by atoms with Crippen LogP contribution in [0.4, 0.5) is 0 Å². The molecule has 0 aromatic carbocycles. The monoisotopic (exact) mass is 522 g/mol. The second-order valence-electron chi connectivity index (χ2n) is 14.3. The third kappa shape index (κ3) is 7.22. The van der Waals surface area contributed by atoms with Crippen LogP contribution in [0.1, 0.15) is 62.3 Å². The van der Waals surface area contributed by atoms with Crippen molar-refractivity contribution in [2.24, 2.45) is 0 Å². The first-order chi connectivity index (χ1) is 14.4. The predicted octanol–water partition coefficient (Wildman–Crippen LogP) is 5.87. The molecular weight excluding hydrogens is 469 g/mol. The Bertz CT molecular complexity index is 646. The quantitative estimate of drug-likeness (QED) is 0.407. The minimum absolute atomic E-state index is 0.0274. The highest BCUT2D eigenvalue weighted by Gasteiger charge is 2.55. The van der Waals surface area contributed by atoms with Crippen LogP contribution in [-0.2, 0) is 18.0 Å². The van der Waals surface area contributed by atoms with Crippen molar-refractivity contribution in [1.29, 1.82) is 0 Å². The zero-order valence-corrected chi connectivity index (χ0v) is 27.1. The fraction of sp³-hybridized carbons (Fsp3) is 1.00. The van der Waals surface area contributed by atoms with Crippen LogP contribution in [0.15, 0.2) is 0 Å². The summed E-state index contributed by atoms with van der Waals surface area (Å²) in [6.07, 6.45) is -3.61. The highest BCUT2D eigenvalue weighted by molar-refractivity contribution is 6.75. The van der Waals surface area contributed by atoms with Gasteiger partial charge in [0.05, 0.1) is 6.61 Å². The van der Waals surface area contributed by atoms with E-state index in [9.17, 15) is 10.2 Å². The van der Waals surface area contributed by atoms with Crippen molar-refractivity contribution in [3.8, 4) is 0 Å². The molecular formula is C24H54O6Si3. The number of aliphatic hydroxyl groups is 2. The Morgan fingerprint density at radius 3 is 1.21 bits per heavy atom. The van der Waals surface area contributed by atoms with Crippen molar-refractivity contribution in [2.45, 2.75) is 147 Å². The van der Waals surface area contributed by atoms with E-state index in [-0.39, 0.29) is 21.7 Å². The minimum atomic E-state index is -2.27. The van der Waals surface area contributed by atoms with Gasteiger partial charge in [-0.15, -0.1) is 0 Å². The van der Waals surface area contributed by atoms with Crippen LogP contribution in [0.2, 0.25) is 54.4 Å². The van der Waals surface area contributed by atoms with Gasteiger partial charge in [-0.1, -0.05) is 62.3 Å². The third-order valence-electron chi connectivity index (χ3n) is 8.50. The first-order valence-electron chi connectivity index (χ1n) is 12.4. The number of aliphatic hydroxyl groups excluding tert-OH is 2. The van der Waals surface area contributed by atoms with Crippen molar-refractivity contribution in [3.63, 3.8) is 0 Å². The zero-order chi connectivity index (χ0) is 26.4. The average molecular weight is 523 g/mol. The SMILES string of the molecule is CC(C)(C)[Si](C)(C)O[C@@H]1[C@@H](O[Si](C)(C)C(C)(C)C)[C@H](O)O[C@H](CO)[C@H]1O[Si](C)(C)C(C)(C)C. The molecule has 0 unspecified atom stereocenters. The molecule has 33 heavy (non-hydrogen) atoms. The van der Waals surface area contributed by atoms with Crippen LogP contribution >= 0.6 is 0 Å². The molecule has 198 valence electrons. The summed E-state index contributed by atoms with van der Waals surface area (Å²) >= 11 is 0. The third-order valence-corrected chi connectivity index (χ3v) is 21.9. The Hall–Kier alpha value is 0.411. The lowest BCUT2D eigenvalue weighted by Gasteiger charge is -2.53. The number of hydrogen-bond acceptors (Lipinski definition) is 6. The van der Waals surface area contributed by atoms with Gasteiger partial charge in [-0.25, -0.2) is 0 Å². The fourth-order valence-corrected chi connectivity index (χ4v) is 6.90. The summed E-state index contributed by atoms with van der Waals surface area (Å²) in [4.78, 5) is 0. The minimum Gasteiger partial charge on any atom is -0.408 e. The highest BCUT2D eigenvalue weighted by Crippen LogP contribution is 2.45. The maximum Gasteiger partial charge on any atom is 0.192 e. The van der Waals surface area contributed by atoms with Crippen LogP contribution in [0.25, 0.3) is 0 Å². The van der Waals surface area contributed by atoms with Crippen LogP contribution in [0.3, 0.4) is 0 Å². The molecule has 1 heterocycles. The molecule has 0 aromatic rings. The molecule has 0 radical (unpaired) electrons. The summed E-state index contributed by atoms with van der Waals surface area (Å²) < 4.78 is 26.6. The van der Waals surface area contributed by atoms with Gasteiger partial charge < -0.3 is 28.2 Å². The van der Waals surface area contributed by atoms with E-state index >= 15 is 0 Å². The second kappa shape index (κ2) is 10.0. The van der Waals surface area contributed by atoms with Crippen molar-refractivity contribution < 1.29 is 28.2 Å². The summed E-state index contributed by atoms with van der Waals surface area (Å²) in [5.41, 5.74) is 0. The van der Waals surface area contributed by atoms with Crippen molar-refractivity contribution in [1.82, 2.24) is 0 Å². The molecule has 0 spiro atoms. The molecule has 9 heteroatoms. The van der Waals surface area contributed by atoms with E-state index in [4.69, 9.17) is 18.0 Å². The molecule has 5 atom stereocenters. The van der Waals surface area contributed by atoms with Crippen molar-refractivity contribution in [3.05, 3.63) is 0 Å². The van der Waals surface area contributed by atoms with Gasteiger partial charge in [0.1, 0.15) is 24.4 Å². The molecule has 0 amide bonds. The van der Waals surface area contributed by atoms with Gasteiger partial charge in [-0.2, -0.15) is 0 Å². The number of rotatable bonds is 7. The molecule has 0 bridgehead atoms. The maximum absolute atomic E-state index is 11.1. The summed E-state index contributed by atoms with van der Waals surface area (Å²) in [5.74, 6) is 0. The van der Waals surface area contributed by atoms with Crippen molar-refractivity contribution in [2.75, 3.05) is 6.61 Å². The predicted molar refractivity (Wildman–Crippen MR) is 144 cm³/mol. The van der Waals surface area contributed by atoms with Crippen molar-refractivity contribution >= 4 is 25.0 Å². The van der Waals surface area contributed by atoms with Gasteiger partial charge in [-0.3, -0.25) is 0 Å². The number of ether oxygens (including phenoxy) is 1. The van der Waals surface area contributed by atoms with Gasteiger partial charge in [0, 0.05) is 0 Å². The molecule has 0 aliphatic carbocycles. The Morgan fingerprint density at radius 2 is 0.909 bits per heavy atom. The summed E-state index contributed by atoms with van der Waals surface area (Å²) in [5, 5.41) is 21.2. The van der Waals surface area contributed by atoms with E-state index in [1.807, 2.05) is 0 Å². The largest absolute Gasteiger partial charge is 0.408 e. The molecule has 0 saturated carbocycles. The van der Waals surface area contributed by atoms with Gasteiger partial charge in [0.25, 0.3) is 0 Å². The molecule has 2 N–H and O–H groups in total. The van der Waals surface area contributed by atoms with E-state index in [2.05, 4.69) is 102 Å². The van der Waals surface area contributed by atoms with Crippen LogP contribution in [0, 0.1) is 0 Å². The topological polar surface area (TPSA) is 77.4 Å². The zero-order valence-electron chi connectivity index (χ0n) is 24.1. The Labute approximate surface area is 207 Å². The summed E-state index contributed by atoms with van der Waals surface area (Å²) in [7, 11) is -6.78. The number of hydrogen-bond donors (Lipinski definition) is 2. The highest BCUT2D eigenvalue weighted by atomic mass is 28.4. The lowest BCUT2D eigenvalue weighted by atomic mass is 9.99. The van der Waals surface area contributed by atoms with Gasteiger partial charge in [-0.05, 0) is 54.4 Å². The van der Waals surface area contributed by atoms with E-state index in [1.54, 1.807) is 0 Å². The normalized spacial score (nSPS) is 28.8. The summed E-state index contributed by atoms with van der Waals surface area (Å²) in [6, 6.07) is 0. The standard InChI is InChI=1S/C24H54O6Si3/c1-22(2,3)31(10,11)28-18-17(16-25)27-21(26)20(30-33(14,15)24(7,8)9)19(18)29-32(12,13)23(4,5)6/h17-21,25-26H,16H2,1-15H3/t17-,18-,19+,20-,21-/m1/s1. The Kier molecular flexibility index (Phi) is 9.57. The average Bonchev–Trinajstić information content (AvgIpc) is 2.56. The smallest absolute Gasteiger partial charge is 0.192 e. The summed E-state index contributed by atoms with van der Waals surface area (Å²) in [6.45, 7) is 32.6. The van der Waals surface area contributed by atoms with E-state index in [1.165, 1.54) is 0 Å². The molecule has 6 nitrogen and oxygen atoms in total. The molecule has 1 fully saturated rings. The van der Waals surface area contributed by atoms with Crippen LogP contribution < -0.4 is 0 Å². The van der Waals surface area contributed by atoms with E-state index in [0.29, 0.717) is 0 Å². The van der Waals surface area contributed by atoms with Gasteiger partial charge in [0.2, 0.25) is 0 Å². The Balaban J connectivity index is 3.58. The maximum atomic E-state index is 11.1. The van der Waals surface area contributed by atoms with Gasteiger partial charge >= 0.3 is 0 Å². The van der Waals surface area contributed by atoms with Gasteiger partial charge in [0.15, 0.2) is 31.2 Å². The lowest BCUT2D eigenvalue weighted by molar-refractivity contribution is -0.277. The molecule has 0 aromatic heterocycles. The Morgan fingerprint density at radius 1 is 0.606 bits per heavy atom.